The summed E-state index contributed by atoms with van der Waals surface area (Å²) < 4.78 is 54.1. The van der Waals surface area contributed by atoms with Gasteiger partial charge in [0.15, 0.2) is 0 Å². The van der Waals surface area contributed by atoms with Gasteiger partial charge in [-0.15, -0.1) is 0 Å². The average molecular weight is 359 g/mol. The quantitative estimate of drug-likeness (QED) is 0.648. The lowest BCUT2D eigenvalue weighted by molar-refractivity contribution is 0.558. The van der Waals surface area contributed by atoms with Gasteiger partial charge in [0.1, 0.15) is 23.3 Å². The average Bonchev–Trinajstić information content (AvgIpc) is 2.42. The predicted octanol–water partition coefficient (Wildman–Crippen LogP) is 4.49. The summed E-state index contributed by atoms with van der Waals surface area (Å²) in [6.45, 7) is -0.388. The van der Waals surface area contributed by atoms with Crippen LogP contribution in [0.15, 0.2) is 28.7 Å². The monoisotopic (exact) mass is 358 g/mol. The van der Waals surface area contributed by atoms with Crippen LogP contribution in [0.4, 0.5) is 23.2 Å². The van der Waals surface area contributed by atoms with Crippen LogP contribution in [-0.2, 0) is 6.54 Å². The van der Waals surface area contributed by atoms with Crippen molar-refractivity contribution in [3.63, 3.8) is 0 Å². The SMILES string of the molecule is N#Cc1cc(F)c(CNc2cc(F)c(Br)cc2F)c(F)c1. The van der Waals surface area contributed by atoms with Crippen LogP contribution in [-0.4, -0.2) is 0 Å². The van der Waals surface area contributed by atoms with Crippen molar-refractivity contribution in [3.8, 4) is 6.07 Å². The molecular formula is C14H7BrF4N2. The Morgan fingerprint density at radius 3 is 2.14 bits per heavy atom. The number of hydrogen-bond acceptors (Lipinski definition) is 2. The minimum Gasteiger partial charge on any atom is -0.378 e. The number of halogens is 5. The number of nitrogens with one attached hydrogen (secondary N) is 1. The fourth-order valence-electron chi connectivity index (χ4n) is 1.68. The Balaban J connectivity index is 2.25. The number of rotatable bonds is 3. The van der Waals surface area contributed by atoms with Crippen molar-refractivity contribution in [2.24, 2.45) is 0 Å². The van der Waals surface area contributed by atoms with Gasteiger partial charge in [-0.25, -0.2) is 17.6 Å². The fraction of sp³-hybridized carbons (Fsp3) is 0.0714. The summed E-state index contributed by atoms with van der Waals surface area (Å²) in [5, 5.41) is 11.0. The van der Waals surface area contributed by atoms with E-state index in [0.717, 1.165) is 24.3 Å². The maximum Gasteiger partial charge on any atom is 0.147 e. The second-order valence-electron chi connectivity index (χ2n) is 4.13. The third-order valence-electron chi connectivity index (χ3n) is 2.74. The van der Waals surface area contributed by atoms with E-state index >= 15 is 0 Å². The lowest BCUT2D eigenvalue weighted by atomic mass is 10.1. The summed E-state index contributed by atoms with van der Waals surface area (Å²) in [7, 11) is 0. The Morgan fingerprint density at radius 2 is 1.57 bits per heavy atom. The van der Waals surface area contributed by atoms with E-state index in [1.54, 1.807) is 6.07 Å². The highest BCUT2D eigenvalue weighted by Gasteiger charge is 2.13. The molecule has 0 atom stereocenters. The van der Waals surface area contributed by atoms with Gasteiger partial charge in [-0.1, -0.05) is 0 Å². The van der Waals surface area contributed by atoms with Crippen molar-refractivity contribution in [1.82, 2.24) is 0 Å². The molecule has 0 saturated carbocycles. The number of anilines is 1. The second kappa shape index (κ2) is 6.14. The zero-order chi connectivity index (χ0) is 15.6. The largest absolute Gasteiger partial charge is 0.378 e. The molecule has 0 bridgehead atoms. The molecule has 0 amide bonds. The van der Waals surface area contributed by atoms with E-state index in [1.165, 1.54) is 0 Å². The maximum atomic E-state index is 13.6. The topological polar surface area (TPSA) is 35.8 Å². The van der Waals surface area contributed by atoms with Gasteiger partial charge in [0.2, 0.25) is 0 Å². The third kappa shape index (κ3) is 3.34. The van der Waals surface area contributed by atoms with E-state index in [9.17, 15) is 17.6 Å². The summed E-state index contributed by atoms with van der Waals surface area (Å²) in [6.07, 6.45) is 0. The molecule has 0 aliphatic heterocycles. The zero-order valence-corrected chi connectivity index (χ0v) is 11.9. The van der Waals surface area contributed by atoms with Gasteiger partial charge < -0.3 is 5.32 Å². The Hall–Kier alpha value is -2.07. The van der Waals surface area contributed by atoms with Gasteiger partial charge in [0.05, 0.1) is 21.8 Å². The van der Waals surface area contributed by atoms with Crippen LogP contribution in [0, 0.1) is 34.6 Å². The molecule has 0 aliphatic rings. The van der Waals surface area contributed by atoms with Gasteiger partial charge in [0, 0.05) is 18.2 Å². The summed E-state index contributed by atoms with van der Waals surface area (Å²) in [5.41, 5.74) is -0.745. The van der Waals surface area contributed by atoms with Crippen LogP contribution < -0.4 is 5.32 Å². The molecule has 0 spiro atoms. The van der Waals surface area contributed by atoms with E-state index in [0.29, 0.717) is 0 Å². The van der Waals surface area contributed by atoms with Crippen molar-refractivity contribution < 1.29 is 17.6 Å². The molecule has 2 aromatic carbocycles. The molecule has 0 fully saturated rings. The highest BCUT2D eigenvalue weighted by atomic mass is 79.9. The molecule has 108 valence electrons. The first-order valence-electron chi connectivity index (χ1n) is 5.69. The number of hydrogen-bond donors (Lipinski definition) is 1. The normalized spacial score (nSPS) is 10.3. The molecule has 0 aromatic heterocycles. The Kier molecular flexibility index (Phi) is 4.48. The lowest BCUT2D eigenvalue weighted by Gasteiger charge is -2.10. The highest BCUT2D eigenvalue weighted by molar-refractivity contribution is 9.10. The zero-order valence-electron chi connectivity index (χ0n) is 10.4. The number of nitriles is 1. The van der Waals surface area contributed by atoms with Gasteiger partial charge in [0.25, 0.3) is 0 Å². The molecule has 2 aromatic rings. The molecular weight excluding hydrogens is 352 g/mol. The van der Waals surface area contributed by atoms with E-state index in [1.807, 2.05) is 0 Å². The van der Waals surface area contributed by atoms with Crippen LogP contribution >= 0.6 is 15.9 Å². The summed E-state index contributed by atoms with van der Waals surface area (Å²) in [5.74, 6) is -3.34. The van der Waals surface area contributed by atoms with Gasteiger partial charge in [-0.05, 0) is 34.1 Å². The lowest BCUT2D eigenvalue weighted by Crippen LogP contribution is -2.07. The highest BCUT2D eigenvalue weighted by Crippen LogP contribution is 2.24. The third-order valence-corrected chi connectivity index (χ3v) is 3.34. The van der Waals surface area contributed by atoms with Crippen molar-refractivity contribution >= 4 is 21.6 Å². The molecule has 0 unspecified atom stereocenters. The van der Waals surface area contributed by atoms with Crippen LogP contribution in [0.1, 0.15) is 11.1 Å². The molecule has 7 heteroatoms. The first-order chi connectivity index (χ1) is 9.92. The first-order valence-corrected chi connectivity index (χ1v) is 6.48. The smallest absolute Gasteiger partial charge is 0.147 e. The molecule has 2 rings (SSSR count). The summed E-state index contributed by atoms with van der Waals surface area (Å²) in [6, 6.07) is 5.14. The van der Waals surface area contributed by atoms with Gasteiger partial charge in [-0.2, -0.15) is 5.26 Å². The van der Waals surface area contributed by atoms with Crippen molar-refractivity contribution in [2.75, 3.05) is 5.32 Å². The standard InChI is InChI=1S/C14H7BrF4N2/c15-9-3-13(19)14(4-12(9)18)21-6-8-10(16)1-7(5-20)2-11(8)17/h1-4,21H,6H2. The molecule has 0 saturated heterocycles. The molecule has 0 radical (unpaired) electrons. The van der Waals surface area contributed by atoms with Gasteiger partial charge in [-0.3, -0.25) is 0 Å². The number of benzene rings is 2. The fourth-order valence-corrected chi connectivity index (χ4v) is 1.99. The van der Waals surface area contributed by atoms with Crippen molar-refractivity contribution in [2.45, 2.75) is 6.54 Å². The van der Waals surface area contributed by atoms with E-state index in [4.69, 9.17) is 5.26 Å². The Labute approximate surface area is 126 Å². The van der Waals surface area contributed by atoms with Gasteiger partial charge >= 0.3 is 0 Å². The first kappa shape index (κ1) is 15.3. The molecule has 2 nitrogen and oxygen atoms in total. The second-order valence-corrected chi connectivity index (χ2v) is 4.98. The summed E-state index contributed by atoms with van der Waals surface area (Å²) >= 11 is 2.82. The van der Waals surface area contributed by atoms with Crippen LogP contribution in [0.2, 0.25) is 0 Å². The maximum absolute atomic E-state index is 13.6. The molecule has 21 heavy (non-hydrogen) atoms. The molecule has 0 heterocycles. The minimum absolute atomic E-state index is 0.0544. The predicted molar refractivity (Wildman–Crippen MR) is 72.5 cm³/mol. The van der Waals surface area contributed by atoms with Crippen LogP contribution in [0.25, 0.3) is 0 Å². The van der Waals surface area contributed by atoms with E-state index < -0.39 is 23.3 Å². The molecule has 1 N–H and O–H groups in total. The number of nitrogens with zero attached hydrogens (tertiary/aromatic N) is 1. The van der Waals surface area contributed by atoms with Crippen LogP contribution in [0.5, 0.6) is 0 Å². The molecule has 0 aliphatic carbocycles. The Bertz CT molecular complexity index is 717. The summed E-state index contributed by atoms with van der Waals surface area (Å²) in [4.78, 5) is 0. The van der Waals surface area contributed by atoms with Crippen molar-refractivity contribution in [1.29, 1.82) is 5.26 Å². The van der Waals surface area contributed by atoms with E-state index in [-0.39, 0.29) is 27.8 Å². The Morgan fingerprint density at radius 1 is 0.952 bits per heavy atom. The van der Waals surface area contributed by atoms with E-state index in [2.05, 4.69) is 21.2 Å². The van der Waals surface area contributed by atoms with Crippen LogP contribution in [0.3, 0.4) is 0 Å². The minimum atomic E-state index is -0.933. The van der Waals surface area contributed by atoms with Crippen molar-refractivity contribution in [3.05, 3.63) is 63.1 Å².